The number of nitrogens with one attached hydrogen (secondary N) is 1. The number of likely N-dealkylation sites (N-methyl/N-ethyl adjacent to an activating group) is 1. The Bertz CT molecular complexity index is 365. The molecule has 1 aromatic carbocycles. The van der Waals surface area contributed by atoms with E-state index in [2.05, 4.69) is 10.2 Å². The number of hydrogen-bond donors (Lipinski definition) is 2. The molecule has 0 aliphatic carbocycles. The molecule has 0 amide bonds. The fraction of sp³-hybridized carbons (Fsp3) is 0.500. The van der Waals surface area contributed by atoms with Crippen molar-refractivity contribution in [1.29, 1.82) is 0 Å². The summed E-state index contributed by atoms with van der Waals surface area (Å²) in [5, 5.41) is 12.3. The molecule has 0 saturated carbocycles. The Kier molecular flexibility index (Phi) is 5.82. The second-order valence-electron chi connectivity index (χ2n) is 4.69. The maximum atomic E-state index is 11.1. The monoisotopic (exact) mass is 250 g/mol. The van der Waals surface area contributed by atoms with E-state index in [1.807, 2.05) is 51.4 Å². The largest absolute Gasteiger partial charge is 0.480 e. The van der Waals surface area contributed by atoms with Crippen LogP contribution in [0.2, 0.25) is 0 Å². The molecule has 4 heteroatoms. The van der Waals surface area contributed by atoms with Crippen LogP contribution in [0.3, 0.4) is 0 Å². The zero-order valence-electron chi connectivity index (χ0n) is 11.3. The molecule has 0 fully saturated rings. The normalized spacial score (nSPS) is 14.4. The summed E-state index contributed by atoms with van der Waals surface area (Å²) in [6.45, 7) is 2.65. The molecule has 0 aliphatic heterocycles. The van der Waals surface area contributed by atoms with Crippen molar-refractivity contribution in [3.05, 3.63) is 35.9 Å². The Labute approximate surface area is 109 Å². The van der Waals surface area contributed by atoms with E-state index in [0.717, 1.165) is 12.1 Å². The summed E-state index contributed by atoms with van der Waals surface area (Å²) >= 11 is 0. The number of carboxylic acid groups (broad SMARTS) is 1. The Balaban J connectivity index is 2.82. The Morgan fingerprint density at radius 2 is 1.94 bits per heavy atom. The van der Waals surface area contributed by atoms with Crippen LogP contribution in [0.25, 0.3) is 0 Å². The lowest BCUT2D eigenvalue weighted by atomic mass is 10.0. The molecular weight excluding hydrogens is 228 g/mol. The van der Waals surface area contributed by atoms with Crippen molar-refractivity contribution >= 4 is 5.97 Å². The van der Waals surface area contributed by atoms with Crippen LogP contribution in [0.4, 0.5) is 0 Å². The minimum absolute atomic E-state index is 0.0299. The van der Waals surface area contributed by atoms with Crippen LogP contribution in [0.1, 0.15) is 24.9 Å². The second-order valence-corrected chi connectivity index (χ2v) is 4.69. The molecule has 0 aliphatic rings. The van der Waals surface area contributed by atoms with Gasteiger partial charge in [0.25, 0.3) is 0 Å². The molecule has 18 heavy (non-hydrogen) atoms. The van der Waals surface area contributed by atoms with Crippen molar-refractivity contribution in [2.75, 3.05) is 20.6 Å². The number of hydrogen-bond acceptors (Lipinski definition) is 3. The second kappa shape index (κ2) is 7.13. The zero-order chi connectivity index (χ0) is 13.5. The fourth-order valence-corrected chi connectivity index (χ4v) is 1.91. The van der Waals surface area contributed by atoms with Crippen molar-refractivity contribution in [2.45, 2.75) is 25.4 Å². The van der Waals surface area contributed by atoms with Crippen LogP contribution < -0.4 is 5.32 Å². The van der Waals surface area contributed by atoms with Crippen molar-refractivity contribution in [3.63, 3.8) is 0 Å². The molecule has 0 aromatic heterocycles. The highest BCUT2D eigenvalue weighted by molar-refractivity contribution is 5.73. The molecule has 0 bridgehead atoms. The molecular formula is C14H22N2O2. The van der Waals surface area contributed by atoms with Crippen LogP contribution >= 0.6 is 0 Å². The number of aliphatic carboxylic acids is 1. The minimum Gasteiger partial charge on any atom is -0.480 e. The first-order valence-corrected chi connectivity index (χ1v) is 6.23. The highest BCUT2D eigenvalue weighted by Crippen LogP contribution is 2.14. The minimum atomic E-state index is -0.794. The third-order valence-corrected chi connectivity index (χ3v) is 2.86. The standard InChI is InChI=1S/C14H22N2O2/c1-4-12(14(17)18)15-13(10-16(2)3)11-8-6-5-7-9-11/h5-9,12-13,15H,4,10H2,1-3H3,(H,17,18). The predicted octanol–water partition coefficient (Wildman–Crippen LogP) is 1.74. The van der Waals surface area contributed by atoms with Crippen molar-refractivity contribution < 1.29 is 9.90 Å². The maximum Gasteiger partial charge on any atom is 0.320 e. The van der Waals surface area contributed by atoms with Gasteiger partial charge in [-0.2, -0.15) is 0 Å². The molecule has 1 rings (SSSR count). The van der Waals surface area contributed by atoms with Crippen LogP contribution in [0.5, 0.6) is 0 Å². The number of nitrogens with zero attached hydrogens (tertiary/aromatic N) is 1. The lowest BCUT2D eigenvalue weighted by molar-refractivity contribution is -0.139. The van der Waals surface area contributed by atoms with Gasteiger partial charge < -0.3 is 10.0 Å². The van der Waals surface area contributed by atoms with Gasteiger partial charge in [-0.05, 0) is 26.1 Å². The smallest absolute Gasteiger partial charge is 0.320 e. The maximum absolute atomic E-state index is 11.1. The van der Waals surface area contributed by atoms with Gasteiger partial charge in [0.1, 0.15) is 6.04 Å². The molecule has 0 saturated heterocycles. The lowest BCUT2D eigenvalue weighted by Crippen LogP contribution is -2.42. The number of benzene rings is 1. The highest BCUT2D eigenvalue weighted by Gasteiger charge is 2.21. The van der Waals surface area contributed by atoms with E-state index in [4.69, 9.17) is 5.11 Å². The molecule has 100 valence electrons. The number of carbonyl (C=O) groups is 1. The third kappa shape index (κ3) is 4.47. The molecule has 2 atom stereocenters. The topological polar surface area (TPSA) is 52.6 Å². The average molecular weight is 250 g/mol. The zero-order valence-corrected chi connectivity index (χ0v) is 11.3. The number of carboxylic acids is 1. The van der Waals surface area contributed by atoms with E-state index in [-0.39, 0.29) is 6.04 Å². The van der Waals surface area contributed by atoms with Crippen LogP contribution in [0.15, 0.2) is 30.3 Å². The van der Waals surface area contributed by atoms with Gasteiger partial charge in [0.15, 0.2) is 0 Å². The van der Waals surface area contributed by atoms with Crippen LogP contribution in [-0.4, -0.2) is 42.7 Å². The summed E-state index contributed by atoms with van der Waals surface area (Å²) < 4.78 is 0. The summed E-state index contributed by atoms with van der Waals surface area (Å²) in [5.41, 5.74) is 1.12. The van der Waals surface area contributed by atoms with E-state index in [1.165, 1.54) is 0 Å². The van der Waals surface area contributed by atoms with E-state index in [1.54, 1.807) is 0 Å². The summed E-state index contributed by atoms with van der Waals surface area (Å²) in [5.74, 6) is -0.794. The molecule has 1 aromatic rings. The summed E-state index contributed by atoms with van der Waals surface area (Å²) in [7, 11) is 3.97. The third-order valence-electron chi connectivity index (χ3n) is 2.86. The predicted molar refractivity (Wildman–Crippen MR) is 72.6 cm³/mol. The Morgan fingerprint density at radius 3 is 2.39 bits per heavy atom. The van der Waals surface area contributed by atoms with Gasteiger partial charge >= 0.3 is 5.97 Å². The van der Waals surface area contributed by atoms with Gasteiger partial charge in [-0.3, -0.25) is 10.1 Å². The molecule has 2 unspecified atom stereocenters. The fourth-order valence-electron chi connectivity index (χ4n) is 1.91. The van der Waals surface area contributed by atoms with Crippen LogP contribution in [0, 0.1) is 0 Å². The summed E-state index contributed by atoms with van der Waals surface area (Å²) in [6.07, 6.45) is 0.575. The van der Waals surface area contributed by atoms with Crippen molar-refractivity contribution in [3.8, 4) is 0 Å². The first kappa shape index (κ1) is 14.7. The first-order valence-electron chi connectivity index (χ1n) is 6.23. The quantitative estimate of drug-likeness (QED) is 0.774. The van der Waals surface area contributed by atoms with Gasteiger partial charge in [0, 0.05) is 12.6 Å². The Morgan fingerprint density at radius 1 is 1.33 bits per heavy atom. The lowest BCUT2D eigenvalue weighted by Gasteiger charge is -2.26. The molecule has 0 heterocycles. The first-order chi connectivity index (χ1) is 8.54. The molecule has 0 spiro atoms. The highest BCUT2D eigenvalue weighted by atomic mass is 16.4. The number of rotatable bonds is 7. The summed E-state index contributed by atoms with van der Waals surface area (Å²) in [6, 6.07) is 9.48. The van der Waals surface area contributed by atoms with Gasteiger partial charge in [0.2, 0.25) is 0 Å². The van der Waals surface area contributed by atoms with Crippen molar-refractivity contribution in [1.82, 2.24) is 10.2 Å². The van der Waals surface area contributed by atoms with Crippen LogP contribution in [-0.2, 0) is 4.79 Å². The average Bonchev–Trinajstić information content (AvgIpc) is 2.34. The Hall–Kier alpha value is -1.39. The SMILES string of the molecule is CCC(NC(CN(C)C)c1ccccc1)C(=O)O. The van der Waals surface area contributed by atoms with E-state index in [9.17, 15) is 4.79 Å². The van der Waals surface area contributed by atoms with Crippen molar-refractivity contribution in [2.24, 2.45) is 0 Å². The summed E-state index contributed by atoms with van der Waals surface area (Å²) in [4.78, 5) is 13.2. The van der Waals surface area contributed by atoms with Gasteiger partial charge in [-0.15, -0.1) is 0 Å². The van der Waals surface area contributed by atoms with Gasteiger partial charge in [0.05, 0.1) is 0 Å². The van der Waals surface area contributed by atoms with E-state index in [0.29, 0.717) is 6.42 Å². The molecule has 2 N–H and O–H groups in total. The van der Waals surface area contributed by atoms with E-state index >= 15 is 0 Å². The van der Waals surface area contributed by atoms with Gasteiger partial charge in [-0.25, -0.2) is 0 Å². The molecule has 0 radical (unpaired) electrons. The van der Waals surface area contributed by atoms with E-state index < -0.39 is 12.0 Å². The molecule has 4 nitrogen and oxygen atoms in total. The van der Waals surface area contributed by atoms with Gasteiger partial charge in [-0.1, -0.05) is 37.3 Å².